The number of amides is 1. The zero-order valence-electron chi connectivity index (χ0n) is 13.4. The number of ether oxygens (including phenoxy) is 1. The maximum absolute atomic E-state index is 13.7. The van der Waals surface area contributed by atoms with Gasteiger partial charge in [0, 0.05) is 0 Å². The fraction of sp³-hybridized carbons (Fsp3) is 0.167. The molecule has 3 rings (SSSR count). The van der Waals surface area contributed by atoms with Crippen LogP contribution >= 0.6 is 0 Å². The maximum atomic E-state index is 13.7. The number of hydrogen-bond donors (Lipinski definition) is 1. The summed E-state index contributed by atoms with van der Waals surface area (Å²) in [6, 6.07) is 12.6. The quantitative estimate of drug-likeness (QED) is 0.787. The largest absolute Gasteiger partial charge is 0.445 e. The minimum absolute atomic E-state index is 0.0280. The highest BCUT2D eigenvalue weighted by atomic mass is 19.1. The Morgan fingerprint density at radius 3 is 2.76 bits per heavy atom. The highest BCUT2D eigenvalue weighted by Gasteiger charge is 2.17. The van der Waals surface area contributed by atoms with Crippen molar-refractivity contribution in [2.75, 3.05) is 0 Å². The lowest BCUT2D eigenvalue weighted by atomic mass is 10.2. The number of carbonyl (C=O) groups is 1. The second kappa shape index (κ2) is 7.12. The number of carbonyl (C=O) groups excluding carboxylic acids is 1. The standard InChI is InChI=1S/C18H15FN2O4/c1-11(20-18(23)24-10-12-6-3-2-4-7-12)16-21-14-9-5-8-13(19)15(14)17(22)25-16/h2-9,11H,10H2,1H3,(H,20,23)/t11-/m0/s1. The van der Waals surface area contributed by atoms with Crippen LogP contribution in [0.3, 0.4) is 0 Å². The molecule has 0 unspecified atom stereocenters. The minimum atomic E-state index is -0.843. The lowest BCUT2D eigenvalue weighted by Gasteiger charge is -2.12. The SMILES string of the molecule is C[C@H](NC(=O)OCc1ccccc1)c1nc2cccc(F)c2c(=O)o1. The lowest BCUT2D eigenvalue weighted by molar-refractivity contribution is 0.134. The second-order valence-corrected chi connectivity index (χ2v) is 5.40. The molecule has 1 atom stereocenters. The zero-order chi connectivity index (χ0) is 17.8. The first-order valence-electron chi connectivity index (χ1n) is 7.61. The van der Waals surface area contributed by atoms with E-state index in [1.54, 1.807) is 6.92 Å². The molecule has 1 N–H and O–H groups in total. The van der Waals surface area contributed by atoms with Crippen LogP contribution in [0.2, 0.25) is 0 Å². The van der Waals surface area contributed by atoms with Crippen LogP contribution in [-0.2, 0) is 11.3 Å². The van der Waals surface area contributed by atoms with Crippen molar-refractivity contribution in [2.24, 2.45) is 0 Å². The number of nitrogens with zero attached hydrogens (tertiary/aromatic N) is 1. The summed E-state index contributed by atoms with van der Waals surface area (Å²) in [6.45, 7) is 1.69. The Morgan fingerprint density at radius 1 is 1.24 bits per heavy atom. The van der Waals surface area contributed by atoms with E-state index in [4.69, 9.17) is 9.15 Å². The molecule has 0 bridgehead atoms. The van der Waals surface area contributed by atoms with Gasteiger partial charge in [0.15, 0.2) is 0 Å². The van der Waals surface area contributed by atoms with Crippen LogP contribution in [0.5, 0.6) is 0 Å². The van der Waals surface area contributed by atoms with E-state index in [-0.39, 0.29) is 23.4 Å². The van der Waals surface area contributed by atoms with Crippen LogP contribution in [0.4, 0.5) is 9.18 Å². The van der Waals surface area contributed by atoms with E-state index in [0.717, 1.165) is 11.6 Å². The zero-order valence-corrected chi connectivity index (χ0v) is 13.4. The average Bonchev–Trinajstić information content (AvgIpc) is 2.60. The van der Waals surface area contributed by atoms with E-state index in [2.05, 4.69) is 10.3 Å². The fourth-order valence-corrected chi connectivity index (χ4v) is 2.28. The van der Waals surface area contributed by atoms with Gasteiger partial charge in [0.2, 0.25) is 5.89 Å². The maximum Gasteiger partial charge on any atom is 0.408 e. The molecule has 25 heavy (non-hydrogen) atoms. The van der Waals surface area contributed by atoms with E-state index in [1.165, 1.54) is 12.1 Å². The number of rotatable bonds is 4. The number of halogens is 1. The average molecular weight is 342 g/mol. The third-order valence-corrected chi connectivity index (χ3v) is 3.54. The van der Waals surface area contributed by atoms with Crippen molar-refractivity contribution < 1.29 is 18.3 Å². The number of hydrogen-bond acceptors (Lipinski definition) is 5. The summed E-state index contributed by atoms with van der Waals surface area (Å²) in [4.78, 5) is 27.9. The fourth-order valence-electron chi connectivity index (χ4n) is 2.28. The van der Waals surface area contributed by atoms with Crippen molar-refractivity contribution in [3.63, 3.8) is 0 Å². The number of fused-ring (bicyclic) bond motifs is 1. The van der Waals surface area contributed by atoms with E-state index in [1.807, 2.05) is 30.3 Å². The molecule has 0 spiro atoms. The molecule has 0 fully saturated rings. The molecule has 6 nitrogen and oxygen atoms in total. The predicted octanol–water partition coefficient (Wildman–Crippen LogP) is 3.31. The molecule has 0 saturated heterocycles. The molecule has 0 radical (unpaired) electrons. The summed E-state index contributed by atoms with van der Waals surface area (Å²) in [5.74, 6) is -0.729. The van der Waals surface area contributed by atoms with Gasteiger partial charge in [-0.25, -0.2) is 19.0 Å². The van der Waals surface area contributed by atoms with E-state index in [0.29, 0.717) is 0 Å². The van der Waals surface area contributed by atoms with Crippen LogP contribution in [-0.4, -0.2) is 11.1 Å². The van der Waals surface area contributed by atoms with Gasteiger partial charge in [0.25, 0.3) is 0 Å². The van der Waals surface area contributed by atoms with Gasteiger partial charge in [0.1, 0.15) is 23.9 Å². The smallest absolute Gasteiger partial charge is 0.408 e. The molecular weight excluding hydrogens is 327 g/mol. The molecule has 0 aliphatic rings. The van der Waals surface area contributed by atoms with E-state index < -0.39 is 23.6 Å². The van der Waals surface area contributed by atoms with Crippen molar-refractivity contribution in [2.45, 2.75) is 19.6 Å². The molecule has 3 aromatic rings. The first-order valence-corrected chi connectivity index (χ1v) is 7.61. The topological polar surface area (TPSA) is 81.4 Å². The Hall–Kier alpha value is -3.22. The van der Waals surface area contributed by atoms with Gasteiger partial charge >= 0.3 is 11.7 Å². The Balaban J connectivity index is 1.70. The number of benzene rings is 2. The van der Waals surface area contributed by atoms with Gasteiger partial charge in [0.05, 0.1) is 5.52 Å². The molecule has 1 heterocycles. The van der Waals surface area contributed by atoms with Crippen molar-refractivity contribution in [1.82, 2.24) is 10.3 Å². The van der Waals surface area contributed by atoms with Crippen LogP contribution in [0.15, 0.2) is 57.7 Å². The lowest BCUT2D eigenvalue weighted by Crippen LogP contribution is -2.28. The highest BCUT2D eigenvalue weighted by Crippen LogP contribution is 2.15. The van der Waals surface area contributed by atoms with Crippen LogP contribution in [0.25, 0.3) is 10.9 Å². The molecule has 0 aliphatic heterocycles. The monoisotopic (exact) mass is 342 g/mol. The van der Waals surface area contributed by atoms with Crippen LogP contribution in [0, 0.1) is 5.82 Å². The van der Waals surface area contributed by atoms with Crippen molar-refractivity contribution in [1.29, 1.82) is 0 Å². The van der Waals surface area contributed by atoms with Gasteiger partial charge in [-0.3, -0.25) is 0 Å². The molecule has 1 amide bonds. The molecular formula is C18H15FN2O4. The Morgan fingerprint density at radius 2 is 2.00 bits per heavy atom. The van der Waals surface area contributed by atoms with Gasteiger partial charge in [-0.2, -0.15) is 0 Å². The van der Waals surface area contributed by atoms with Crippen LogP contribution in [0.1, 0.15) is 24.4 Å². The Labute approximate surface area is 142 Å². The number of alkyl carbamates (subject to hydrolysis) is 1. The number of aromatic nitrogens is 1. The minimum Gasteiger partial charge on any atom is -0.445 e. The summed E-state index contributed by atoms with van der Waals surface area (Å²) in [7, 11) is 0. The van der Waals surface area contributed by atoms with Gasteiger partial charge in [-0.1, -0.05) is 36.4 Å². The summed E-state index contributed by atoms with van der Waals surface area (Å²) >= 11 is 0. The summed E-state index contributed by atoms with van der Waals surface area (Å²) in [6.07, 6.45) is -0.680. The van der Waals surface area contributed by atoms with Gasteiger partial charge < -0.3 is 14.5 Å². The van der Waals surface area contributed by atoms with E-state index in [9.17, 15) is 14.0 Å². The van der Waals surface area contributed by atoms with Gasteiger partial charge in [-0.05, 0) is 24.6 Å². The molecule has 128 valence electrons. The van der Waals surface area contributed by atoms with Gasteiger partial charge in [-0.15, -0.1) is 0 Å². The third-order valence-electron chi connectivity index (χ3n) is 3.54. The predicted molar refractivity (Wildman–Crippen MR) is 88.4 cm³/mol. The van der Waals surface area contributed by atoms with E-state index >= 15 is 0 Å². The van der Waals surface area contributed by atoms with Crippen molar-refractivity contribution in [3.05, 3.63) is 76.2 Å². The molecule has 0 aliphatic carbocycles. The normalized spacial score (nSPS) is 11.9. The molecule has 2 aromatic carbocycles. The molecule has 0 saturated carbocycles. The first-order chi connectivity index (χ1) is 12.0. The third kappa shape index (κ3) is 3.82. The Kier molecular flexibility index (Phi) is 4.74. The van der Waals surface area contributed by atoms with Crippen LogP contribution < -0.4 is 10.9 Å². The second-order valence-electron chi connectivity index (χ2n) is 5.40. The van der Waals surface area contributed by atoms with Crippen molar-refractivity contribution in [3.8, 4) is 0 Å². The van der Waals surface area contributed by atoms with Crippen molar-refractivity contribution >= 4 is 17.0 Å². The first kappa shape index (κ1) is 16.6. The highest BCUT2D eigenvalue weighted by molar-refractivity contribution is 5.77. The summed E-state index contributed by atoms with van der Waals surface area (Å²) in [5.41, 5.74) is 0.165. The Bertz CT molecular complexity index is 956. The summed E-state index contributed by atoms with van der Waals surface area (Å²) < 4.78 is 23.8. The summed E-state index contributed by atoms with van der Waals surface area (Å²) in [5, 5.41) is 2.31. The number of nitrogens with one attached hydrogen (secondary N) is 1. The molecule has 1 aromatic heterocycles. The molecule has 7 heteroatoms.